The van der Waals surface area contributed by atoms with Crippen LogP contribution < -0.4 is 0 Å². The van der Waals surface area contributed by atoms with Gasteiger partial charge < -0.3 is 23.7 Å². The van der Waals surface area contributed by atoms with E-state index < -0.39 is 50.2 Å². The van der Waals surface area contributed by atoms with Crippen molar-refractivity contribution in [3.63, 3.8) is 0 Å². The first-order valence-electron chi connectivity index (χ1n) is 13.3. The van der Waals surface area contributed by atoms with E-state index in [0.29, 0.717) is 6.61 Å². The van der Waals surface area contributed by atoms with Gasteiger partial charge in [-0.3, -0.25) is 9.69 Å². The minimum atomic E-state index is -2.07. The summed E-state index contributed by atoms with van der Waals surface area (Å²) in [6, 6.07) is 9.14. The van der Waals surface area contributed by atoms with Crippen molar-refractivity contribution >= 4 is 20.4 Å². The van der Waals surface area contributed by atoms with Crippen LogP contribution in [-0.4, -0.2) is 68.1 Å². The second-order valence-electron chi connectivity index (χ2n) is 12.6. The lowest BCUT2D eigenvalue weighted by molar-refractivity contribution is -0.146. The molecule has 3 rings (SSSR count). The Hall–Kier alpha value is -1.94. The van der Waals surface area contributed by atoms with Gasteiger partial charge in [0.1, 0.15) is 11.7 Å². The first-order valence-corrected chi connectivity index (χ1v) is 16.2. The molecule has 208 valence electrons. The molecule has 1 heterocycles. The highest BCUT2D eigenvalue weighted by Gasteiger charge is 2.63. The number of carbonyl (C=O) groups excluding carboxylic acids is 2. The molecule has 0 bridgehead atoms. The highest BCUT2D eigenvalue weighted by atomic mass is 28.4. The zero-order chi connectivity index (χ0) is 27.8. The lowest BCUT2D eigenvalue weighted by Crippen LogP contribution is -2.48. The van der Waals surface area contributed by atoms with Crippen LogP contribution in [0.3, 0.4) is 0 Å². The summed E-state index contributed by atoms with van der Waals surface area (Å²) in [5.41, 5.74) is 0.168. The monoisotopic (exact) mass is 535 g/mol. The molecule has 6 atom stereocenters. The quantitative estimate of drug-likeness (QED) is 0.364. The van der Waals surface area contributed by atoms with Gasteiger partial charge in [-0.2, -0.15) is 0 Å². The number of esters is 1. The molecule has 1 aromatic rings. The molecular formula is C28H45NO7Si. The fourth-order valence-corrected chi connectivity index (χ4v) is 5.67. The third-order valence-corrected chi connectivity index (χ3v) is 12.2. The van der Waals surface area contributed by atoms with E-state index >= 15 is 0 Å². The second-order valence-corrected chi connectivity index (χ2v) is 17.4. The van der Waals surface area contributed by atoms with Crippen LogP contribution in [0.1, 0.15) is 60.1 Å². The minimum absolute atomic E-state index is 0.0143. The van der Waals surface area contributed by atoms with E-state index in [9.17, 15) is 14.7 Å². The number of hydrogen-bond acceptors (Lipinski definition) is 7. The topological polar surface area (TPSA) is 94.5 Å². The Bertz CT molecular complexity index is 940. The van der Waals surface area contributed by atoms with Gasteiger partial charge in [0, 0.05) is 18.4 Å². The molecule has 9 heteroatoms. The number of ether oxygens (including phenoxy) is 3. The summed E-state index contributed by atoms with van der Waals surface area (Å²) in [5.74, 6) is -1.53. The Morgan fingerprint density at radius 3 is 2.30 bits per heavy atom. The van der Waals surface area contributed by atoms with Crippen LogP contribution in [0.15, 0.2) is 30.3 Å². The van der Waals surface area contributed by atoms with E-state index in [0.717, 1.165) is 5.56 Å². The van der Waals surface area contributed by atoms with Gasteiger partial charge in [0.05, 0.1) is 25.2 Å². The predicted molar refractivity (Wildman–Crippen MR) is 143 cm³/mol. The molecule has 37 heavy (non-hydrogen) atoms. The Kier molecular flexibility index (Phi) is 8.84. The van der Waals surface area contributed by atoms with E-state index in [1.54, 1.807) is 27.7 Å². The summed E-state index contributed by atoms with van der Waals surface area (Å²) in [4.78, 5) is 27.7. The summed E-state index contributed by atoms with van der Waals surface area (Å²) in [5, 5.41) is 11.6. The molecule has 2 fully saturated rings. The Morgan fingerprint density at radius 1 is 1.14 bits per heavy atom. The Morgan fingerprint density at radius 2 is 1.76 bits per heavy atom. The predicted octanol–water partition coefficient (Wildman–Crippen LogP) is 5.13. The molecule has 8 nitrogen and oxygen atoms in total. The Balaban J connectivity index is 1.86. The van der Waals surface area contributed by atoms with Crippen LogP contribution in [0.4, 0.5) is 4.79 Å². The normalized spacial score (nSPS) is 27.1. The van der Waals surface area contributed by atoms with Crippen molar-refractivity contribution in [2.45, 2.75) is 90.6 Å². The van der Waals surface area contributed by atoms with Gasteiger partial charge in [0.25, 0.3) is 0 Å². The summed E-state index contributed by atoms with van der Waals surface area (Å²) in [6.07, 6.45) is -2.63. The molecule has 2 aliphatic rings. The maximum atomic E-state index is 13.4. The van der Waals surface area contributed by atoms with Crippen molar-refractivity contribution < 1.29 is 33.3 Å². The molecule has 1 aromatic carbocycles. The SMILES string of the molecule is CCOC(=O)[C@@H]1[C@@H](CO[Si](C)(C)C(C)(C)C)[C@@H]1[C@@H](O)[C@H]1OC[C@@H](c2ccccc2)N1C(=O)OC(C)(C)C. The van der Waals surface area contributed by atoms with Gasteiger partial charge in [0.15, 0.2) is 14.5 Å². The lowest BCUT2D eigenvalue weighted by Gasteiger charge is -2.36. The van der Waals surface area contributed by atoms with Crippen molar-refractivity contribution in [3.8, 4) is 0 Å². The summed E-state index contributed by atoms with van der Waals surface area (Å²) in [6.45, 7) is 18.8. The van der Waals surface area contributed by atoms with Crippen molar-refractivity contribution in [1.29, 1.82) is 0 Å². The Labute approximate surface area is 222 Å². The maximum Gasteiger partial charge on any atom is 0.413 e. The standard InChI is InChI=1S/C28H45NO7Si/c1-10-33-25(31)22-19(16-35-37(8,9)28(5,6)7)21(22)23(30)24-29(26(32)36-27(2,3)4)20(17-34-24)18-14-12-11-13-15-18/h11-15,19-24,30H,10,16-17H2,1-9H3/t19-,20-,21-,22+,23+,24+/m0/s1. The van der Waals surface area contributed by atoms with E-state index in [4.69, 9.17) is 18.6 Å². The fourth-order valence-electron chi connectivity index (χ4n) is 4.63. The van der Waals surface area contributed by atoms with E-state index in [1.165, 1.54) is 4.90 Å². The van der Waals surface area contributed by atoms with Gasteiger partial charge in [-0.1, -0.05) is 51.1 Å². The van der Waals surface area contributed by atoms with Crippen molar-refractivity contribution in [3.05, 3.63) is 35.9 Å². The van der Waals surface area contributed by atoms with Gasteiger partial charge in [-0.05, 0) is 51.4 Å². The number of amides is 1. The van der Waals surface area contributed by atoms with Crippen LogP contribution >= 0.6 is 0 Å². The first-order chi connectivity index (χ1) is 17.1. The van der Waals surface area contributed by atoms with Crippen molar-refractivity contribution in [2.24, 2.45) is 17.8 Å². The average Bonchev–Trinajstić information content (AvgIpc) is 3.34. The number of aliphatic hydroxyl groups excluding tert-OH is 1. The van der Waals surface area contributed by atoms with E-state index in [-0.39, 0.29) is 30.1 Å². The van der Waals surface area contributed by atoms with Gasteiger partial charge in [0.2, 0.25) is 0 Å². The largest absolute Gasteiger partial charge is 0.466 e. The summed E-state index contributed by atoms with van der Waals surface area (Å²) in [7, 11) is -2.07. The number of benzene rings is 1. The average molecular weight is 536 g/mol. The molecule has 0 unspecified atom stereocenters. The van der Waals surface area contributed by atoms with E-state index in [2.05, 4.69) is 33.9 Å². The number of carbonyl (C=O) groups is 2. The molecule has 1 N–H and O–H groups in total. The highest BCUT2D eigenvalue weighted by molar-refractivity contribution is 6.74. The molecular weight excluding hydrogens is 490 g/mol. The molecule has 0 aromatic heterocycles. The van der Waals surface area contributed by atoms with Crippen LogP contribution in [0.5, 0.6) is 0 Å². The number of rotatable bonds is 8. The van der Waals surface area contributed by atoms with Gasteiger partial charge >= 0.3 is 12.1 Å². The molecule has 1 aliphatic heterocycles. The van der Waals surface area contributed by atoms with Gasteiger partial charge in [-0.15, -0.1) is 0 Å². The number of hydrogen-bond donors (Lipinski definition) is 1. The zero-order valence-corrected chi connectivity index (χ0v) is 24.8. The number of nitrogens with zero attached hydrogens (tertiary/aromatic N) is 1. The van der Waals surface area contributed by atoms with Crippen molar-refractivity contribution in [2.75, 3.05) is 19.8 Å². The molecule has 1 saturated carbocycles. The van der Waals surface area contributed by atoms with Crippen LogP contribution in [0.2, 0.25) is 18.1 Å². The number of aliphatic hydroxyl groups is 1. The molecule has 0 radical (unpaired) electrons. The first kappa shape index (κ1) is 29.6. The summed E-state index contributed by atoms with van der Waals surface area (Å²) < 4.78 is 23.5. The smallest absolute Gasteiger partial charge is 0.413 e. The van der Waals surface area contributed by atoms with Crippen LogP contribution in [0.25, 0.3) is 0 Å². The molecule has 1 amide bonds. The summed E-state index contributed by atoms with van der Waals surface area (Å²) >= 11 is 0. The van der Waals surface area contributed by atoms with Crippen LogP contribution in [0, 0.1) is 17.8 Å². The lowest BCUT2D eigenvalue weighted by atomic mass is 10.1. The van der Waals surface area contributed by atoms with E-state index in [1.807, 2.05) is 30.3 Å². The van der Waals surface area contributed by atoms with Gasteiger partial charge in [-0.25, -0.2) is 4.79 Å². The molecule has 0 spiro atoms. The fraction of sp³-hybridized carbons (Fsp3) is 0.714. The molecule has 1 saturated heterocycles. The van der Waals surface area contributed by atoms with Crippen molar-refractivity contribution in [1.82, 2.24) is 4.90 Å². The minimum Gasteiger partial charge on any atom is -0.466 e. The zero-order valence-electron chi connectivity index (χ0n) is 23.8. The maximum absolute atomic E-state index is 13.4. The highest BCUT2D eigenvalue weighted by Crippen LogP contribution is 2.53. The molecule has 1 aliphatic carbocycles. The van der Waals surface area contributed by atoms with Crippen LogP contribution in [-0.2, 0) is 23.4 Å². The third kappa shape index (κ3) is 6.74. The second kappa shape index (κ2) is 11.0. The third-order valence-electron chi connectivity index (χ3n) is 7.74.